The number of rotatable bonds is 4. The Morgan fingerprint density at radius 2 is 2.21 bits per heavy atom. The number of carbonyl (C=O) groups excluding carboxylic acids is 1. The summed E-state index contributed by atoms with van der Waals surface area (Å²) in [7, 11) is 0. The van der Waals surface area contributed by atoms with E-state index in [1.54, 1.807) is 18.2 Å². The van der Waals surface area contributed by atoms with E-state index in [9.17, 15) is 4.79 Å². The number of nitrogens with zero attached hydrogens (tertiary/aromatic N) is 1. The summed E-state index contributed by atoms with van der Waals surface area (Å²) in [5.74, 6) is 1.25. The van der Waals surface area contributed by atoms with Crippen molar-refractivity contribution >= 4 is 17.2 Å². The van der Waals surface area contributed by atoms with Crippen LogP contribution in [0.4, 0.5) is 0 Å². The van der Waals surface area contributed by atoms with E-state index in [1.165, 1.54) is 10.4 Å². The van der Waals surface area contributed by atoms with E-state index in [4.69, 9.17) is 9.47 Å². The van der Waals surface area contributed by atoms with Gasteiger partial charge in [0.05, 0.1) is 0 Å². The second-order valence-electron chi connectivity index (χ2n) is 6.22. The summed E-state index contributed by atoms with van der Waals surface area (Å²) in [6, 6.07) is 7.80. The van der Waals surface area contributed by atoms with Crippen molar-refractivity contribution in [2.24, 2.45) is 0 Å². The molecule has 1 aromatic heterocycles. The Morgan fingerprint density at radius 1 is 1.33 bits per heavy atom. The van der Waals surface area contributed by atoms with Gasteiger partial charge in [-0.1, -0.05) is 0 Å². The molecular formula is C18H20N2O3S. The molecule has 0 saturated carbocycles. The predicted molar refractivity (Wildman–Crippen MR) is 92.8 cm³/mol. The van der Waals surface area contributed by atoms with Gasteiger partial charge in [0, 0.05) is 36.1 Å². The molecule has 24 heavy (non-hydrogen) atoms. The van der Waals surface area contributed by atoms with Gasteiger partial charge in [0.15, 0.2) is 11.5 Å². The third-order valence-electron chi connectivity index (χ3n) is 4.65. The lowest BCUT2D eigenvalue weighted by Gasteiger charge is -2.32. The standard InChI is InChI=1S/C18H20N2O3S/c1-12(20-6-4-17-14(10-20)5-7-24-17)9-19-18(21)13-2-3-15-16(8-13)23-11-22-15/h2-3,5,7-8,12H,4,6,9-11H2,1H3,(H,19,21). The van der Waals surface area contributed by atoms with E-state index in [0.29, 0.717) is 29.6 Å². The monoisotopic (exact) mass is 344 g/mol. The molecule has 1 aromatic carbocycles. The quantitative estimate of drug-likeness (QED) is 0.926. The second kappa shape index (κ2) is 6.45. The third-order valence-corrected chi connectivity index (χ3v) is 5.68. The molecular weight excluding hydrogens is 324 g/mol. The molecule has 0 spiro atoms. The molecule has 0 fully saturated rings. The van der Waals surface area contributed by atoms with E-state index in [2.05, 4.69) is 28.6 Å². The zero-order valence-corrected chi connectivity index (χ0v) is 14.4. The minimum Gasteiger partial charge on any atom is -0.454 e. The van der Waals surface area contributed by atoms with Crippen LogP contribution in [0.25, 0.3) is 0 Å². The van der Waals surface area contributed by atoms with Gasteiger partial charge in [-0.25, -0.2) is 0 Å². The molecule has 0 radical (unpaired) electrons. The summed E-state index contributed by atoms with van der Waals surface area (Å²) in [5, 5.41) is 5.20. The van der Waals surface area contributed by atoms with Crippen molar-refractivity contribution in [3.8, 4) is 11.5 Å². The molecule has 0 bridgehead atoms. The first-order chi connectivity index (χ1) is 11.7. The number of thiophene rings is 1. The van der Waals surface area contributed by atoms with E-state index < -0.39 is 0 Å². The Balaban J connectivity index is 1.34. The number of carbonyl (C=O) groups is 1. The molecule has 2 aromatic rings. The normalized spacial score (nSPS) is 17.4. The Bertz CT molecular complexity index is 758. The van der Waals surface area contributed by atoms with Crippen LogP contribution in [0.3, 0.4) is 0 Å². The van der Waals surface area contributed by atoms with Crippen molar-refractivity contribution in [1.29, 1.82) is 0 Å². The van der Waals surface area contributed by atoms with E-state index >= 15 is 0 Å². The third kappa shape index (κ3) is 2.99. The van der Waals surface area contributed by atoms with Gasteiger partial charge >= 0.3 is 0 Å². The lowest BCUT2D eigenvalue weighted by atomic mass is 10.1. The molecule has 1 N–H and O–H groups in total. The predicted octanol–water partition coefficient (Wildman–Crippen LogP) is 2.65. The van der Waals surface area contributed by atoms with Gasteiger partial charge in [-0.15, -0.1) is 11.3 Å². The van der Waals surface area contributed by atoms with Crippen molar-refractivity contribution in [3.63, 3.8) is 0 Å². The zero-order chi connectivity index (χ0) is 16.5. The van der Waals surface area contributed by atoms with Crippen LogP contribution < -0.4 is 14.8 Å². The number of hydrogen-bond donors (Lipinski definition) is 1. The maximum absolute atomic E-state index is 12.4. The van der Waals surface area contributed by atoms with Crippen LogP contribution in [-0.2, 0) is 13.0 Å². The summed E-state index contributed by atoms with van der Waals surface area (Å²) in [6.07, 6.45) is 1.10. The topological polar surface area (TPSA) is 50.8 Å². The van der Waals surface area contributed by atoms with Crippen LogP contribution in [0.2, 0.25) is 0 Å². The highest BCUT2D eigenvalue weighted by Gasteiger charge is 2.22. The molecule has 1 atom stereocenters. The smallest absolute Gasteiger partial charge is 0.251 e. The number of nitrogens with one attached hydrogen (secondary N) is 1. The number of amides is 1. The van der Waals surface area contributed by atoms with Crippen LogP contribution in [0.1, 0.15) is 27.7 Å². The van der Waals surface area contributed by atoms with Crippen molar-refractivity contribution in [3.05, 3.63) is 45.6 Å². The zero-order valence-electron chi connectivity index (χ0n) is 13.6. The van der Waals surface area contributed by atoms with Gasteiger partial charge in [0.1, 0.15) is 0 Å². The Hall–Kier alpha value is -2.05. The van der Waals surface area contributed by atoms with Crippen LogP contribution in [0.5, 0.6) is 11.5 Å². The Labute approximate surface area is 145 Å². The van der Waals surface area contributed by atoms with E-state index in [0.717, 1.165) is 19.5 Å². The van der Waals surface area contributed by atoms with Crippen LogP contribution >= 0.6 is 11.3 Å². The molecule has 2 aliphatic heterocycles. The number of benzene rings is 1. The van der Waals surface area contributed by atoms with Crippen LogP contribution in [0.15, 0.2) is 29.6 Å². The molecule has 0 aliphatic carbocycles. The molecule has 126 valence electrons. The molecule has 0 saturated heterocycles. The van der Waals surface area contributed by atoms with Gasteiger partial charge in [-0.05, 0) is 48.6 Å². The summed E-state index contributed by atoms with van der Waals surface area (Å²) in [4.78, 5) is 16.3. The van der Waals surface area contributed by atoms with Crippen molar-refractivity contribution in [2.75, 3.05) is 19.9 Å². The molecule has 5 nitrogen and oxygen atoms in total. The largest absolute Gasteiger partial charge is 0.454 e. The minimum atomic E-state index is -0.0756. The summed E-state index contributed by atoms with van der Waals surface area (Å²) in [5.41, 5.74) is 2.03. The number of hydrogen-bond acceptors (Lipinski definition) is 5. The second-order valence-corrected chi connectivity index (χ2v) is 7.22. The lowest BCUT2D eigenvalue weighted by Crippen LogP contribution is -2.44. The fourth-order valence-corrected chi connectivity index (χ4v) is 4.05. The maximum Gasteiger partial charge on any atom is 0.251 e. The van der Waals surface area contributed by atoms with Gasteiger partial charge < -0.3 is 14.8 Å². The molecule has 1 amide bonds. The Kier molecular flexibility index (Phi) is 4.16. The van der Waals surface area contributed by atoms with Gasteiger partial charge in [0.25, 0.3) is 5.91 Å². The summed E-state index contributed by atoms with van der Waals surface area (Å²) < 4.78 is 10.6. The number of ether oxygens (including phenoxy) is 2. The van der Waals surface area contributed by atoms with Crippen LogP contribution in [0, 0.1) is 0 Å². The van der Waals surface area contributed by atoms with Gasteiger partial charge in [-0.3, -0.25) is 9.69 Å². The minimum absolute atomic E-state index is 0.0756. The first-order valence-electron chi connectivity index (χ1n) is 8.18. The molecule has 2 aliphatic rings. The average Bonchev–Trinajstić information content (AvgIpc) is 3.26. The highest BCUT2D eigenvalue weighted by Crippen LogP contribution is 2.32. The molecule has 6 heteroatoms. The molecule has 4 rings (SSSR count). The van der Waals surface area contributed by atoms with Crippen molar-refractivity contribution in [1.82, 2.24) is 10.2 Å². The van der Waals surface area contributed by atoms with Crippen LogP contribution in [-0.4, -0.2) is 36.7 Å². The van der Waals surface area contributed by atoms with E-state index in [1.807, 2.05) is 11.3 Å². The fourth-order valence-electron chi connectivity index (χ4n) is 3.16. The number of fused-ring (bicyclic) bond motifs is 2. The summed E-state index contributed by atoms with van der Waals surface area (Å²) in [6.45, 7) is 5.04. The fraction of sp³-hybridized carbons (Fsp3) is 0.389. The highest BCUT2D eigenvalue weighted by atomic mass is 32.1. The Morgan fingerprint density at radius 3 is 3.12 bits per heavy atom. The van der Waals surface area contributed by atoms with Crippen molar-refractivity contribution < 1.29 is 14.3 Å². The first kappa shape index (κ1) is 15.5. The average molecular weight is 344 g/mol. The lowest BCUT2D eigenvalue weighted by molar-refractivity contribution is 0.0932. The first-order valence-corrected chi connectivity index (χ1v) is 9.06. The van der Waals surface area contributed by atoms with Crippen molar-refractivity contribution in [2.45, 2.75) is 25.9 Å². The van der Waals surface area contributed by atoms with E-state index in [-0.39, 0.29) is 12.7 Å². The van der Waals surface area contributed by atoms with Gasteiger partial charge in [-0.2, -0.15) is 0 Å². The molecule has 3 heterocycles. The highest BCUT2D eigenvalue weighted by molar-refractivity contribution is 7.10. The van der Waals surface area contributed by atoms with Gasteiger partial charge in [0.2, 0.25) is 6.79 Å². The summed E-state index contributed by atoms with van der Waals surface area (Å²) >= 11 is 1.85. The SMILES string of the molecule is CC(CNC(=O)c1ccc2c(c1)OCO2)N1CCc2sccc2C1. The molecule has 1 unspecified atom stereocenters. The maximum atomic E-state index is 12.4.